The molecule has 1 unspecified atom stereocenters. The molecule has 0 spiro atoms. The zero-order valence-electron chi connectivity index (χ0n) is 15.6. The highest BCUT2D eigenvalue weighted by atomic mass is 19.1. The Hall–Kier alpha value is -2.17. The van der Waals surface area contributed by atoms with Crippen molar-refractivity contribution in [2.45, 2.75) is 44.6 Å². The minimum absolute atomic E-state index is 0.0323. The Kier molecular flexibility index (Phi) is 5.17. The van der Waals surface area contributed by atoms with E-state index in [-0.39, 0.29) is 35.0 Å². The van der Waals surface area contributed by atoms with E-state index >= 15 is 0 Å². The van der Waals surface area contributed by atoms with Crippen LogP contribution in [0.5, 0.6) is 0 Å². The van der Waals surface area contributed by atoms with Gasteiger partial charge >= 0.3 is 0 Å². The first kappa shape index (κ1) is 18.6. The normalized spacial score (nSPS) is 23.1. The first-order chi connectivity index (χ1) is 12.3. The van der Waals surface area contributed by atoms with E-state index in [4.69, 9.17) is 0 Å². The minimum atomic E-state index is -0.303. The van der Waals surface area contributed by atoms with Crippen LogP contribution in [0, 0.1) is 11.7 Å². The third-order valence-corrected chi connectivity index (χ3v) is 6.06. The van der Waals surface area contributed by atoms with Crippen LogP contribution in [-0.2, 0) is 9.59 Å². The third-order valence-electron chi connectivity index (χ3n) is 6.06. The molecule has 4 nitrogen and oxygen atoms in total. The van der Waals surface area contributed by atoms with Gasteiger partial charge in [-0.25, -0.2) is 4.39 Å². The summed E-state index contributed by atoms with van der Waals surface area (Å²) in [6.07, 6.45) is 3.62. The molecule has 1 atom stereocenters. The van der Waals surface area contributed by atoms with Crippen molar-refractivity contribution >= 4 is 11.8 Å². The van der Waals surface area contributed by atoms with E-state index in [0.29, 0.717) is 25.9 Å². The summed E-state index contributed by atoms with van der Waals surface area (Å²) in [6, 6.07) is 6.63. The molecule has 0 bridgehead atoms. The van der Waals surface area contributed by atoms with Crippen molar-refractivity contribution < 1.29 is 14.0 Å². The van der Waals surface area contributed by atoms with Gasteiger partial charge in [-0.3, -0.25) is 9.59 Å². The van der Waals surface area contributed by atoms with Crippen LogP contribution in [0.4, 0.5) is 4.39 Å². The van der Waals surface area contributed by atoms with Gasteiger partial charge in [0.05, 0.1) is 0 Å². The standard InChI is InChI=1S/C21H27FN2O2/c1-4-19(25)23-12-9-16(10-13-23)20(26)24-14-11-18(21(24,2)3)15-5-7-17(22)8-6-15/h4-8,16,18H,1,9-14H2,2-3H3. The van der Waals surface area contributed by atoms with Crippen LogP contribution < -0.4 is 0 Å². The molecule has 5 heteroatoms. The highest BCUT2D eigenvalue weighted by Gasteiger charge is 2.46. The van der Waals surface area contributed by atoms with Crippen LogP contribution in [-0.4, -0.2) is 46.8 Å². The second-order valence-electron chi connectivity index (χ2n) is 7.84. The maximum absolute atomic E-state index is 13.2. The Morgan fingerprint density at radius 3 is 2.31 bits per heavy atom. The molecule has 1 aromatic rings. The molecule has 140 valence electrons. The molecule has 2 fully saturated rings. The summed E-state index contributed by atoms with van der Waals surface area (Å²) >= 11 is 0. The molecular weight excluding hydrogens is 331 g/mol. The minimum Gasteiger partial charge on any atom is -0.339 e. The average molecular weight is 358 g/mol. The Bertz CT molecular complexity index is 690. The number of piperidine rings is 1. The fourth-order valence-corrected chi connectivity index (χ4v) is 4.45. The molecular formula is C21H27FN2O2. The molecule has 2 saturated heterocycles. The highest BCUT2D eigenvalue weighted by Crippen LogP contribution is 2.43. The van der Waals surface area contributed by atoms with E-state index in [1.807, 2.05) is 17.0 Å². The lowest BCUT2D eigenvalue weighted by molar-refractivity contribution is -0.142. The largest absolute Gasteiger partial charge is 0.339 e. The molecule has 2 aliphatic rings. The highest BCUT2D eigenvalue weighted by molar-refractivity contribution is 5.87. The first-order valence-corrected chi connectivity index (χ1v) is 9.33. The fourth-order valence-electron chi connectivity index (χ4n) is 4.45. The van der Waals surface area contributed by atoms with Crippen molar-refractivity contribution in [1.82, 2.24) is 9.80 Å². The maximum Gasteiger partial charge on any atom is 0.245 e. The van der Waals surface area contributed by atoms with Crippen LogP contribution in [0.15, 0.2) is 36.9 Å². The van der Waals surface area contributed by atoms with E-state index in [2.05, 4.69) is 20.4 Å². The van der Waals surface area contributed by atoms with E-state index in [1.165, 1.54) is 18.2 Å². The molecule has 26 heavy (non-hydrogen) atoms. The summed E-state index contributed by atoms with van der Waals surface area (Å²) in [5, 5.41) is 0. The molecule has 2 amide bonds. The molecule has 0 radical (unpaired) electrons. The number of hydrogen-bond donors (Lipinski definition) is 0. The number of halogens is 1. The topological polar surface area (TPSA) is 40.6 Å². The number of carbonyl (C=O) groups excluding carboxylic acids is 2. The van der Waals surface area contributed by atoms with Crippen LogP contribution in [0.2, 0.25) is 0 Å². The number of amides is 2. The van der Waals surface area contributed by atoms with Gasteiger partial charge in [0.15, 0.2) is 0 Å². The van der Waals surface area contributed by atoms with Gasteiger partial charge in [-0.05, 0) is 56.9 Å². The molecule has 0 aliphatic carbocycles. The fraction of sp³-hybridized carbons (Fsp3) is 0.524. The Labute approximate surface area is 154 Å². The summed E-state index contributed by atoms with van der Waals surface area (Å²) in [5.74, 6) is 0.0574. The Morgan fingerprint density at radius 1 is 1.12 bits per heavy atom. The third kappa shape index (κ3) is 3.39. The van der Waals surface area contributed by atoms with E-state index in [0.717, 1.165) is 18.5 Å². The lowest BCUT2D eigenvalue weighted by Gasteiger charge is -2.40. The number of rotatable bonds is 3. The van der Waals surface area contributed by atoms with Gasteiger partial charge in [0, 0.05) is 37.0 Å². The first-order valence-electron chi connectivity index (χ1n) is 9.33. The van der Waals surface area contributed by atoms with Crippen LogP contribution in [0.25, 0.3) is 0 Å². The van der Waals surface area contributed by atoms with Crippen LogP contribution in [0.3, 0.4) is 0 Å². The number of hydrogen-bond acceptors (Lipinski definition) is 2. The van der Waals surface area contributed by atoms with Gasteiger partial charge in [0.2, 0.25) is 11.8 Å². The Morgan fingerprint density at radius 2 is 1.73 bits per heavy atom. The molecule has 0 N–H and O–H groups in total. The quantitative estimate of drug-likeness (QED) is 0.778. The van der Waals surface area contributed by atoms with Crippen molar-refractivity contribution in [3.05, 3.63) is 48.3 Å². The molecule has 0 aromatic heterocycles. The van der Waals surface area contributed by atoms with E-state index < -0.39 is 0 Å². The molecule has 2 aliphatic heterocycles. The molecule has 0 saturated carbocycles. The van der Waals surface area contributed by atoms with Gasteiger partial charge in [-0.1, -0.05) is 18.7 Å². The van der Waals surface area contributed by atoms with Crippen molar-refractivity contribution in [3.63, 3.8) is 0 Å². The smallest absolute Gasteiger partial charge is 0.245 e. The molecule has 2 heterocycles. The number of likely N-dealkylation sites (tertiary alicyclic amines) is 2. The van der Waals surface area contributed by atoms with E-state index in [1.54, 1.807) is 4.90 Å². The van der Waals surface area contributed by atoms with Gasteiger partial charge in [0.25, 0.3) is 0 Å². The SMILES string of the molecule is C=CC(=O)N1CCC(C(=O)N2CCC(c3ccc(F)cc3)C2(C)C)CC1. The molecule has 1 aromatic carbocycles. The summed E-state index contributed by atoms with van der Waals surface area (Å²) in [5.41, 5.74) is 0.779. The number of benzene rings is 1. The predicted octanol–water partition coefficient (Wildman–Crippen LogP) is 3.34. The maximum atomic E-state index is 13.2. The van der Waals surface area contributed by atoms with Gasteiger partial charge in [0.1, 0.15) is 5.82 Å². The van der Waals surface area contributed by atoms with Crippen molar-refractivity contribution in [1.29, 1.82) is 0 Å². The van der Waals surface area contributed by atoms with Crippen LogP contribution in [0.1, 0.15) is 44.6 Å². The predicted molar refractivity (Wildman–Crippen MR) is 99.1 cm³/mol. The second kappa shape index (κ2) is 7.22. The number of carbonyl (C=O) groups is 2. The average Bonchev–Trinajstić information content (AvgIpc) is 2.96. The summed E-state index contributed by atoms with van der Waals surface area (Å²) in [6.45, 7) is 9.66. The van der Waals surface area contributed by atoms with Crippen LogP contribution >= 0.6 is 0 Å². The summed E-state index contributed by atoms with van der Waals surface area (Å²) in [4.78, 5) is 28.6. The van der Waals surface area contributed by atoms with Crippen molar-refractivity contribution in [2.24, 2.45) is 5.92 Å². The van der Waals surface area contributed by atoms with Gasteiger partial charge in [-0.15, -0.1) is 0 Å². The number of nitrogens with zero attached hydrogens (tertiary/aromatic N) is 2. The molecule has 3 rings (SSSR count). The van der Waals surface area contributed by atoms with Gasteiger partial charge < -0.3 is 9.80 Å². The lowest BCUT2D eigenvalue weighted by atomic mass is 9.82. The van der Waals surface area contributed by atoms with E-state index in [9.17, 15) is 14.0 Å². The van der Waals surface area contributed by atoms with Crippen molar-refractivity contribution in [3.8, 4) is 0 Å². The second-order valence-corrected chi connectivity index (χ2v) is 7.84. The monoisotopic (exact) mass is 358 g/mol. The van der Waals surface area contributed by atoms with Crippen molar-refractivity contribution in [2.75, 3.05) is 19.6 Å². The lowest BCUT2D eigenvalue weighted by Crippen LogP contribution is -2.50. The zero-order chi connectivity index (χ0) is 18.9. The van der Waals surface area contributed by atoms with Gasteiger partial charge in [-0.2, -0.15) is 0 Å². The summed E-state index contributed by atoms with van der Waals surface area (Å²) in [7, 11) is 0. The Balaban J connectivity index is 1.68. The summed E-state index contributed by atoms with van der Waals surface area (Å²) < 4.78 is 13.2. The zero-order valence-corrected chi connectivity index (χ0v) is 15.6.